The maximum atomic E-state index is 12.9. The topological polar surface area (TPSA) is 92.9 Å². The molecular formula is C14H17FN2O4. The predicted molar refractivity (Wildman–Crippen MR) is 71.6 cm³/mol. The van der Waals surface area contributed by atoms with Gasteiger partial charge in [-0.25, -0.2) is 9.18 Å². The number of aliphatic hydroxyl groups is 1. The van der Waals surface area contributed by atoms with E-state index in [2.05, 4.69) is 0 Å². The Kier molecular flexibility index (Phi) is 4.74. The Bertz CT molecular complexity index is 514. The molecule has 0 aromatic heterocycles. The Balaban J connectivity index is 2.19. The normalized spacial score (nSPS) is 17.3. The van der Waals surface area contributed by atoms with Gasteiger partial charge < -0.3 is 20.5 Å². The Labute approximate surface area is 121 Å². The van der Waals surface area contributed by atoms with Gasteiger partial charge in [-0.2, -0.15) is 0 Å². The molecule has 0 spiro atoms. The summed E-state index contributed by atoms with van der Waals surface area (Å²) in [5.41, 5.74) is 5.24. The van der Waals surface area contributed by atoms with E-state index in [9.17, 15) is 19.1 Å². The van der Waals surface area contributed by atoms with Gasteiger partial charge in [0.05, 0.1) is 0 Å². The summed E-state index contributed by atoms with van der Waals surface area (Å²) in [5.74, 6) is -0.965. The molecule has 1 aromatic carbocycles. The van der Waals surface area contributed by atoms with Gasteiger partial charge in [0, 0.05) is 13.1 Å². The van der Waals surface area contributed by atoms with Crippen LogP contribution < -0.4 is 5.73 Å². The van der Waals surface area contributed by atoms with Gasteiger partial charge in [-0.05, 0) is 30.5 Å². The van der Waals surface area contributed by atoms with Crippen LogP contribution in [0.5, 0.6) is 0 Å². The van der Waals surface area contributed by atoms with Gasteiger partial charge in [-0.3, -0.25) is 4.79 Å². The van der Waals surface area contributed by atoms with Crippen LogP contribution >= 0.6 is 0 Å². The summed E-state index contributed by atoms with van der Waals surface area (Å²) in [6, 6.07) is 4.96. The maximum Gasteiger partial charge on any atom is 0.405 e. The Morgan fingerprint density at radius 2 is 1.81 bits per heavy atom. The van der Waals surface area contributed by atoms with Crippen molar-refractivity contribution in [3.05, 3.63) is 35.6 Å². The number of benzene rings is 1. The quantitative estimate of drug-likeness (QED) is 0.865. The average molecular weight is 296 g/mol. The fourth-order valence-electron chi connectivity index (χ4n) is 2.33. The molecule has 0 bridgehead atoms. The minimum Gasteiger partial charge on any atom is -0.433 e. The molecule has 1 aromatic rings. The number of aliphatic hydroxyl groups excluding tert-OH is 1. The van der Waals surface area contributed by atoms with Crippen molar-refractivity contribution < 1.29 is 23.8 Å². The Morgan fingerprint density at radius 3 is 2.33 bits per heavy atom. The highest BCUT2D eigenvalue weighted by atomic mass is 19.1. The number of hydrogen-bond acceptors (Lipinski definition) is 4. The molecule has 0 saturated carbocycles. The molecule has 114 valence electrons. The predicted octanol–water partition coefficient (Wildman–Crippen LogP) is 0.945. The molecular weight excluding hydrogens is 279 g/mol. The first-order valence-corrected chi connectivity index (χ1v) is 6.67. The number of nitrogens with zero attached hydrogens (tertiary/aromatic N) is 1. The van der Waals surface area contributed by atoms with Crippen molar-refractivity contribution in [3.63, 3.8) is 0 Å². The minimum absolute atomic E-state index is 0.273. The lowest BCUT2D eigenvalue weighted by Gasteiger charge is -2.26. The molecule has 1 saturated heterocycles. The molecule has 2 rings (SSSR count). The van der Waals surface area contributed by atoms with E-state index in [4.69, 9.17) is 10.5 Å². The molecule has 1 aliphatic heterocycles. The zero-order chi connectivity index (χ0) is 15.4. The fourth-order valence-corrected chi connectivity index (χ4v) is 2.33. The number of carbonyl (C=O) groups is 2. The largest absolute Gasteiger partial charge is 0.433 e. The zero-order valence-electron chi connectivity index (χ0n) is 11.4. The molecule has 2 atom stereocenters. The second kappa shape index (κ2) is 6.53. The van der Waals surface area contributed by atoms with Crippen molar-refractivity contribution in [2.75, 3.05) is 13.1 Å². The smallest absolute Gasteiger partial charge is 0.405 e. The monoisotopic (exact) mass is 296 g/mol. The molecule has 6 nitrogen and oxygen atoms in total. The second-order valence-corrected chi connectivity index (χ2v) is 4.89. The van der Waals surface area contributed by atoms with Crippen LogP contribution in [0.1, 0.15) is 24.5 Å². The third-order valence-electron chi connectivity index (χ3n) is 3.40. The van der Waals surface area contributed by atoms with Crippen molar-refractivity contribution >= 4 is 12.0 Å². The molecule has 1 aliphatic rings. The maximum absolute atomic E-state index is 12.9. The number of halogens is 1. The van der Waals surface area contributed by atoms with Crippen LogP contribution in [0.25, 0.3) is 0 Å². The summed E-state index contributed by atoms with van der Waals surface area (Å²) < 4.78 is 17.7. The van der Waals surface area contributed by atoms with Crippen molar-refractivity contribution in [3.8, 4) is 0 Å². The lowest BCUT2D eigenvalue weighted by molar-refractivity contribution is -0.145. The summed E-state index contributed by atoms with van der Waals surface area (Å²) in [7, 11) is 0. The van der Waals surface area contributed by atoms with Crippen molar-refractivity contribution in [1.82, 2.24) is 4.90 Å². The molecule has 7 heteroatoms. The summed E-state index contributed by atoms with van der Waals surface area (Å²) >= 11 is 0. The molecule has 2 amide bonds. The van der Waals surface area contributed by atoms with Gasteiger partial charge in [0.2, 0.25) is 6.10 Å². The number of nitrogens with two attached hydrogens (primary N) is 1. The number of likely N-dealkylation sites (tertiary alicyclic amines) is 1. The first-order valence-electron chi connectivity index (χ1n) is 6.67. The molecule has 3 N–H and O–H groups in total. The number of carbonyl (C=O) groups excluding carboxylic acids is 2. The highest BCUT2D eigenvalue weighted by Crippen LogP contribution is 2.23. The molecule has 0 aliphatic carbocycles. The van der Waals surface area contributed by atoms with Crippen LogP contribution in [0.2, 0.25) is 0 Å². The van der Waals surface area contributed by atoms with Gasteiger partial charge >= 0.3 is 6.09 Å². The van der Waals surface area contributed by atoms with Crippen LogP contribution in [-0.4, -0.2) is 41.2 Å². The van der Waals surface area contributed by atoms with E-state index < -0.39 is 30.0 Å². The van der Waals surface area contributed by atoms with Crippen molar-refractivity contribution in [1.29, 1.82) is 0 Å². The van der Waals surface area contributed by atoms with Crippen LogP contribution in [0.15, 0.2) is 24.3 Å². The Morgan fingerprint density at radius 1 is 1.24 bits per heavy atom. The number of rotatable bonds is 4. The van der Waals surface area contributed by atoms with E-state index in [1.165, 1.54) is 17.0 Å². The summed E-state index contributed by atoms with van der Waals surface area (Å²) in [6.45, 7) is 1.10. The van der Waals surface area contributed by atoms with Gasteiger partial charge in [0.25, 0.3) is 5.91 Å². The molecule has 2 unspecified atom stereocenters. The standard InChI is InChI=1S/C14H17FN2O4/c15-10-5-3-9(4-6-10)11(18)12(21-14(16)20)13(19)17-7-1-2-8-17/h3-6,11-12,18H,1-2,7-8H2,(H2,16,20). The van der Waals surface area contributed by atoms with E-state index >= 15 is 0 Å². The van der Waals surface area contributed by atoms with Crippen LogP contribution in [0.3, 0.4) is 0 Å². The summed E-state index contributed by atoms with van der Waals surface area (Å²) in [5, 5.41) is 10.2. The Hall–Kier alpha value is -2.15. The summed E-state index contributed by atoms with van der Waals surface area (Å²) in [4.78, 5) is 24.8. The number of ether oxygens (including phenoxy) is 1. The number of primary amides is 1. The number of amides is 2. The third-order valence-corrected chi connectivity index (χ3v) is 3.40. The third kappa shape index (κ3) is 3.69. The fraction of sp³-hybridized carbons (Fsp3) is 0.429. The van der Waals surface area contributed by atoms with Gasteiger partial charge in [0.15, 0.2) is 0 Å². The molecule has 21 heavy (non-hydrogen) atoms. The van der Waals surface area contributed by atoms with E-state index in [-0.39, 0.29) is 5.56 Å². The molecule has 0 radical (unpaired) electrons. The summed E-state index contributed by atoms with van der Waals surface area (Å²) in [6.07, 6.45) is -2.24. The minimum atomic E-state index is -1.42. The lowest BCUT2D eigenvalue weighted by atomic mass is 10.0. The second-order valence-electron chi connectivity index (χ2n) is 4.89. The van der Waals surface area contributed by atoms with E-state index in [1.807, 2.05) is 0 Å². The zero-order valence-corrected chi connectivity index (χ0v) is 11.4. The highest BCUT2D eigenvalue weighted by Gasteiger charge is 2.35. The molecule has 1 fully saturated rings. The SMILES string of the molecule is NC(=O)OC(C(=O)N1CCCC1)C(O)c1ccc(F)cc1. The number of hydrogen-bond donors (Lipinski definition) is 2. The first kappa shape index (κ1) is 15.2. The first-order chi connectivity index (χ1) is 9.99. The molecule has 1 heterocycles. The van der Waals surface area contributed by atoms with Gasteiger partial charge in [-0.1, -0.05) is 12.1 Å². The van der Waals surface area contributed by atoms with Gasteiger partial charge in [-0.15, -0.1) is 0 Å². The highest BCUT2D eigenvalue weighted by molar-refractivity contribution is 5.84. The van der Waals surface area contributed by atoms with Crippen LogP contribution in [0.4, 0.5) is 9.18 Å². The van der Waals surface area contributed by atoms with Crippen molar-refractivity contribution in [2.24, 2.45) is 5.73 Å². The lowest BCUT2D eigenvalue weighted by Crippen LogP contribution is -2.44. The average Bonchev–Trinajstić information content (AvgIpc) is 2.98. The van der Waals surface area contributed by atoms with Crippen LogP contribution in [-0.2, 0) is 9.53 Å². The van der Waals surface area contributed by atoms with Crippen LogP contribution in [0, 0.1) is 5.82 Å². The van der Waals surface area contributed by atoms with E-state index in [0.717, 1.165) is 25.0 Å². The van der Waals surface area contributed by atoms with E-state index in [1.54, 1.807) is 0 Å². The van der Waals surface area contributed by atoms with E-state index in [0.29, 0.717) is 13.1 Å². The van der Waals surface area contributed by atoms with Gasteiger partial charge in [0.1, 0.15) is 11.9 Å². The van der Waals surface area contributed by atoms with Crippen molar-refractivity contribution in [2.45, 2.75) is 25.0 Å².